The van der Waals surface area contributed by atoms with Crippen molar-refractivity contribution < 1.29 is 19.3 Å². The molecule has 3 heterocycles. The molecule has 1 aromatic carbocycles. The van der Waals surface area contributed by atoms with Crippen LogP contribution in [0.5, 0.6) is 11.5 Å². The van der Waals surface area contributed by atoms with Crippen molar-refractivity contribution >= 4 is 21.6 Å². The lowest BCUT2D eigenvalue weighted by Gasteiger charge is -2.30. The molecule has 0 bridgehead atoms. The summed E-state index contributed by atoms with van der Waals surface area (Å²) in [6.45, 7) is 7.97. The Hall–Kier alpha value is -2.50. The molecule has 0 spiro atoms. The molecule has 190 valence electrons. The number of morpholine rings is 1. The molecule has 35 heavy (non-hydrogen) atoms. The molecular weight excluding hydrogens is 468 g/mol. The number of H-pyrrole nitrogens is 1. The number of hydrogen-bond acceptors (Lipinski definition) is 9. The number of thiophene rings is 1. The molecule has 2 N–H and O–H groups in total. The van der Waals surface area contributed by atoms with Crippen LogP contribution in [0.15, 0.2) is 28.4 Å². The van der Waals surface area contributed by atoms with Crippen LogP contribution in [0.25, 0.3) is 21.3 Å². The standard InChI is InChI=1S/C25H34N4O5S/c1-4-18(30)14-29(8-7-28-9-11-34-12-10-28)15-22-26-24(31)23-19(16-35-25(23)27-22)17-5-6-20(32-2)21(13-17)33-3/h5-6,13,16,18,30H,4,7-12,14-15H2,1-3H3,(H,26,27,31). The van der Waals surface area contributed by atoms with Crippen LogP contribution in [0.1, 0.15) is 19.2 Å². The van der Waals surface area contributed by atoms with Gasteiger partial charge in [0, 0.05) is 43.7 Å². The average Bonchev–Trinajstić information content (AvgIpc) is 3.32. The molecule has 10 heteroatoms. The van der Waals surface area contributed by atoms with Crippen molar-refractivity contribution in [3.8, 4) is 22.6 Å². The van der Waals surface area contributed by atoms with Gasteiger partial charge in [0.15, 0.2) is 11.5 Å². The minimum absolute atomic E-state index is 0.166. The van der Waals surface area contributed by atoms with Crippen LogP contribution in [0.3, 0.4) is 0 Å². The van der Waals surface area contributed by atoms with Crippen molar-refractivity contribution in [1.29, 1.82) is 0 Å². The molecule has 0 amide bonds. The van der Waals surface area contributed by atoms with Gasteiger partial charge in [0.1, 0.15) is 10.7 Å². The Morgan fingerprint density at radius 1 is 1.26 bits per heavy atom. The summed E-state index contributed by atoms with van der Waals surface area (Å²) in [5, 5.41) is 12.8. The molecule has 3 aromatic rings. The molecule has 9 nitrogen and oxygen atoms in total. The molecular formula is C25H34N4O5S. The number of nitrogens with one attached hydrogen (secondary N) is 1. The molecule has 1 aliphatic heterocycles. The van der Waals surface area contributed by atoms with E-state index in [1.807, 2.05) is 30.5 Å². The van der Waals surface area contributed by atoms with Crippen molar-refractivity contribution in [3.63, 3.8) is 0 Å². The summed E-state index contributed by atoms with van der Waals surface area (Å²) in [4.78, 5) is 26.1. The van der Waals surface area contributed by atoms with Gasteiger partial charge in [-0.15, -0.1) is 11.3 Å². The second-order valence-corrected chi connectivity index (χ2v) is 9.52. The predicted octanol–water partition coefficient (Wildman–Crippen LogP) is 2.57. The van der Waals surface area contributed by atoms with E-state index in [2.05, 4.69) is 14.8 Å². The number of aliphatic hydroxyl groups is 1. The number of aromatic nitrogens is 2. The number of aliphatic hydroxyl groups excluding tert-OH is 1. The summed E-state index contributed by atoms with van der Waals surface area (Å²) in [5.41, 5.74) is 1.52. The Bertz CT molecular complexity index is 1170. The zero-order valence-corrected chi connectivity index (χ0v) is 21.4. The number of methoxy groups -OCH3 is 2. The highest BCUT2D eigenvalue weighted by Gasteiger charge is 2.19. The van der Waals surface area contributed by atoms with Crippen LogP contribution in [0, 0.1) is 0 Å². The second kappa shape index (κ2) is 12.0. The van der Waals surface area contributed by atoms with E-state index >= 15 is 0 Å². The number of benzene rings is 1. The zero-order chi connectivity index (χ0) is 24.8. The molecule has 1 fully saturated rings. The monoisotopic (exact) mass is 502 g/mol. The van der Waals surface area contributed by atoms with Crippen LogP contribution in [0.4, 0.5) is 0 Å². The molecule has 2 aromatic heterocycles. The molecule has 0 saturated carbocycles. The van der Waals surface area contributed by atoms with E-state index in [0.29, 0.717) is 47.1 Å². The number of ether oxygens (including phenoxy) is 3. The van der Waals surface area contributed by atoms with Gasteiger partial charge in [-0.1, -0.05) is 13.0 Å². The summed E-state index contributed by atoms with van der Waals surface area (Å²) in [6.07, 6.45) is 0.255. The van der Waals surface area contributed by atoms with Crippen LogP contribution in [-0.2, 0) is 11.3 Å². The van der Waals surface area contributed by atoms with E-state index in [1.165, 1.54) is 11.3 Å². The van der Waals surface area contributed by atoms with Crippen molar-refractivity contribution in [3.05, 3.63) is 39.8 Å². The number of nitrogens with zero attached hydrogens (tertiary/aromatic N) is 3. The molecule has 1 unspecified atom stereocenters. The normalized spacial score (nSPS) is 15.6. The van der Waals surface area contributed by atoms with Gasteiger partial charge in [0.05, 0.1) is 45.5 Å². The maximum absolute atomic E-state index is 13.2. The van der Waals surface area contributed by atoms with Crippen molar-refractivity contribution in [2.75, 3.05) is 60.2 Å². The maximum Gasteiger partial charge on any atom is 0.260 e. The highest BCUT2D eigenvalue weighted by molar-refractivity contribution is 7.17. The van der Waals surface area contributed by atoms with E-state index in [9.17, 15) is 9.90 Å². The van der Waals surface area contributed by atoms with Crippen LogP contribution < -0.4 is 15.0 Å². The Morgan fingerprint density at radius 2 is 2.03 bits per heavy atom. The smallest absolute Gasteiger partial charge is 0.260 e. The van der Waals surface area contributed by atoms with Gasteiger partial charge in [-0.2, -0.15) is 0 Å². The van der Waals surface area contributed by atoms with Crippen LogP contribution >= 0.6 is 11.3 Å². The predicted molar refractivity (Wildman–Crippen MR) is 138 cm³/mol. The average molecular weight is 503 g/mol. The molecule has 1 saturated heterocycles. The van der Waals surface area contributed by atoms with E-state index in [4.69, 9.17) is 19.2 Å². The van der Waals surface area contributed by atoms with Crippen LogP contribution in [-0.4, -0.2) is 91.1 Å². The van der Waals surface area contributed by atoms with Gasteiger partial charge in [0.2, 0.25) is 0 Å². The number of fused-ring (bicyclic) bond motifs is 1. The molecule has 0 aliphatic carbocycles. The quantitative estimate of drug-likeness (QED) is 0.413. The molecule has 0 radical (unpaired) electrons. The third-order valence-electron chi connectivity index (χ3n) is 6.34. The SMILES string of the molecule is CCC(O)CN(CCN1CCOCC1)Cc1nc2scc(-c3ccc(OC)c(OC)c3)c2c(=O)[nH]1. The molecule has 4 rings (SSSR count). The van der Waals surface area contributed by atoms with Crippen LogP contribution in [0.2, 0.25) is 0 Å². The van der Waals surface area contributed by atoms with Gasteiger partial charge in [-0.05, 0) is 24.1 Å². The van der Waals surface area contributed by atoms with E-state index in [-0.39, 0.29) is 5.56 Å². The summed E-state index contributed by atoms with van der Waals surface area (Å²) in [6, 6.07) is 5.61. The third-order valence-corrected chi connectivity index (χ3v) is 7.21. The lowest BCUT2D eigenvalue weighted by Crippen LogP contribution is -2.43. The Kier molecular flexibility index (Phi) is 8.74. The highest BCUT2D eigenvalue weighted by Crippen LogP contribution is 2.36. The minimum Gasteiger partial charge on any atom is -0.493 e. The fraction of sp³-hybridized carbons (Fsp3) is 0.520. The summed E-state index contributed by atoms with van der Waals surface area (Å²) >= 11 is 1.45. The topological polar surface area (TPSA) is 100 Å². The number of aromatic amines is 1. The van der Waals surface area contributed by atoms with Gasteiger partial charge >= 0.3 is 0 Å². The van der Waals surface area contributed by atoms with Crippen molar-refractivity contribution in [1.82, 2.24) is 19.8 Å². The van der Waals surface area contributed by atoms with E-state index in [1.54, 1.807) is 14.2 Å². The fourth-order valence-electron chi connectivity index (χ4n) is 4.27. The largest absolute Gasteiger partial charge is 0.493 e. The maximum atomic E-state index is 13.2. The lowest BCUT2D eigenvalue weighted by atomic mass is 10.1. The Balaban J connectivity index is 1.56. The number of hydrogen-bond donors (Lipinski definition) is 2. The Labute approximate surface area is 209 Å². The van der Waals surface area contributed by atoms with Gasteiger partial charge in [-0.3, -0.25) is 14.6 Å². The first kappa shape index (κ1) is 25.6. The lowest BCUT2D eigenvalue weighted by molar-refractivity contribution is 0.0287. The molecule has 1 atom stereocenters. The first-order valence-corrected chi connectivity index (χ1v) is 12.8. The Morgan fingerprint density at radius 3 is 2.74 bits per heavy atom. The fourth-order valence-corrected chi connectivity index (χ4v) is 5.23. The molecule has 1 aliphatic rings. The van der Waals surface area contributed by atoms with E-state index < -0.39 is 6.10 Å². The van der Waals surface area contributed by atoms with Gasteiger partial charge < -0.3 is 24.3 Å². The highest BCUT2D eigenvalue weighted by atomic mass is 32.1. The van der Waals surface area contributed by atoms with Gasteiger partial charge in [-0.25, -0.2) is 4.98 Å². The minimum atomic E-state index is -0.423. The third kappa shape index (κ3) is 6.20. The second-order valence-electron chi connectivity index (χ2n) is 8.66. The zero-order valence-electron chi connectivity index (χ0n) is 20.6. The number of rotatable bonds is 11. The van der Waals surface area contributed by atoms with E-state index in [0.717, 1.165) is 50.5 Å². The van der Waals surface area contributed by atoms with Crippen molar-refractivity contribution in [2.24, 2.45) is 0 Å². The summed E-state index contributed by atoms with van der Waals surface area (Å²) in [5.74, 6) is 1.85. The summed E-state index contributed by atoms with van der Waals surface area (Å²) < 4.78 is 16.2. The first-order valence-electron chi connectivity index (χ1n) is 12.0. The first-order chi connectivity index (χ1) is 17.0. The van der Waals surface area contributed by atoms with Crippen molar-refractivity contribution in [2.45, 2.75) is 26.0 Å². The summed E-state index contributed by atoms with van der Waals surface area (Å²) in [7, 11) is 3.19. The van der Waals surface area contributed by atoms with Gasteiger partial charge in [0.25, 0.3) is 5.56 Å².